The van der Waals surface area contributed by atoms with E-state index in [9.17, 15) is 4.39 Å². The van der Waals surface area contributed by atoms with Gasteiger partial charge in [0.25, 0.3) is 0 Å². The number of ether oxygens (including phenoxy) is 1. The highest BCUT2D eigenvalue weighted by Gasteiger charge is 2.11. The van der Waals surface area contributed by atoms with E-state index in [1.807, 2.05) is 13.8 Å². The molecule has 2 nitrogen and oxygen atoms in total. The number of halogens is 1. The summed E-state index contributed by atoms with van der Waals surface area (Å²) in [6, 6.07) is 4.92. The minimum absolute atomic E-state index is 0.193. The van der Waals surface area contributed by atoms with Gasteiger partial charge in [-0.15, -0.1) is 0 Å². The van der Waals surface area contributed by atoms with Gasteiger partial charge in [-0.3, -0.25) is 0 Å². The van der Waals surface area contributed by atoms with Crippen molar-refractivity contribution in [1.82, 2.24) is 5.32 Å². The minimum Gasteiger partial charge on any atom is -0.492 e. The number of fused-ring (bicyclic) bond motifs is 1. The fourth-order valence-corrected chi connectivity index (χ4v) is 1.29. The van der Waals surface area contributed by atoms with Crippen LogP contribution in [0.5, 0.6) is 5.75 Å². The molecule has 0 aliphatic carbocycles. The standard InChI is InChI=1S/C9H10FNO.C2H6/c10-8-2-1-3-9-7(8)6-11-4-5-12-9;1-2/h1-3,11H,4-6H2;1-2H3. The molecular formula is C11H16FNO. The van der Waals surface area contributed by atoms with Gasteiger partial charge in [0.05, 0.1) is 0 Å². The summed E-state index contributed by atoms with van der Waals surface area (Å²) in [7, 11) is 0. The Labute approximate surface area is 84.1 Å². The number of hydrogen-bond donors (Lipinski definition) is 1. The van der Waals surface area contributed by atoms with Crippen LogP contribution in [0.3, 0.4) is 0 Å². The first-order valence-corrected chi connectivity index (χ1v) is 4.99. The van der Waals surface area contributed by atoms with Gasteiger partial charge in [0, 0.05) is 18.7 Å². The SMILES string of the molecule is CC.Fc1cccc2c1CNCCO2. The van der Waals surface area contributed by atoms with Crippen molar-refractivity contribution in [2.75, 3.05) is 13.2 Å². The third kappa shape index (κ3) is 2.45. The maximum Gasteiger partial charge on any atom is 0.131 e. The second-order valence-corrected chi connectivity index (χ2v) is 2.74. The van der Waals surface area contributed by atoms with Crippen molar-refractivity contribution in [3.05, 3.63) is 29.6 Å². The van der Waals surface area contributed by atoms with Crippen LogP contribution in [0.2, 0.25) is 0 Å². The van der Waals surface area contributed by atoms with Gasteiger partial charge in [0.1, 0.15) is 18.2 Å². The van der Waals surface area contributed by atoms with Crippen LogP contribution in [-0.2, 0) is 6.54 Å². The zero-order valence-corrected chi connectivity index (χ0v) is 8.64. The van der Waals surface area contributed by atoms with Gasteiger partial charge >= 0.3 is 0 Å². The van der Waals surface area contributed by atoms with Crippen LogP contribution in [-0.4, -0.2) is 13.2 Å². The summed E-state index contributed by atoms with van der Waals surface area (Å²) >= 11 is 0. The highest BCUT2D eigenvalue weighted by atomic mass is 19.1. The van der Waals surface area contributed by atoms with Crippen molar-refractivity contribution in [3.8, 4) is 5.75 Å². The van der Waals surface area contributed by atoms with Gasteiger partial charge in [-0.1, -0.05) is 19.9 Å². The van der Waals surface area contributed by atoms with E-state index in [1.54, 1.807) is 12.1 Å². The van der Waals surface area contributed by atoms with E-state index in [-0.39, 0.29) is 5.82 Å². The predicted molar refractivity (Wildman–Crippen MR) is 54.9 cm³/mol. The molecule has 78 valence electrons. The fraction of sp³-hybridized carbons (Fsp3) is 0.455. The lowest BCUT2D eigenvalue weighted by Gasteiger charge is -2.05. The summed E-state index contributed by atoms with van der Waals surface area (Å²) < 4.78 is 18.5. The molecular weight excluding hydrogens is 181 g/mol. The van der Waals surface area contributed by atoms with E-state index in [2.05, 4.69) is 5.32 Å². The Hall–Kier alpha value is -1.09. The topological polar surface area (TPSA) is 21.3 Å². The molecule has 0 spiro atoms. The first-order valence-electron chi connectivity index (χ1n) is 4.99. The summed E-state index contributed by atoms with van der Waals surface area (Å²) in [5.74, 6) is 0.474. The maximum absolute atomic E-state index is 13.1. The van der Waals surface area contributed by atoms with E-state index in [1.165, 1.54) is 6.07 Å². The van der Waals surface area contributed by atoms with Crippen molar-refractivity contribution >= 4 is 0 Å². The highest BCUT2D eigenvalue weighted by molar-refractivity contribution is 5.35. The van der Waals surface area contributed by atoms with Gasteiger partial charge in [0.2, 0.25) is 0 Å². The van der Waals surface area contributed by atoms with Crippen LogP contribution in [0.4, 0.5) is 4.39 Å². The van der Waals surface area contributed by atoms with Crippen LogP contribution in [0.25, 0.3) is 0 Å². The normalized spacial score (nSPS) is 14.2. The van der Waals surface area contributed by atoms with Gasteiger partial charge in [-0.05, 0) is 12.1 Å². The lowest BCUT2D eigenvalue weighted by atomic mass is 10.2. The predicted octanol–water partition coefficient (Wildman–Crippen LogP) is 2.33. The largest absolute Gasteiger partial charge is 0.492 e. The van der Waals surface area contributed by atoms with Crippen molar-refractivity contribution < 1.29 is 9.13 Å². The Bertz CT molecular complexity index is 289. The Morgan fingerprint density at radius 3 is 2.93 bits per heavy atom. The van der Waals surface area contributed by atoms with Crippen LogP contribution in [0.1, 0.15) is 19.4 Å². The van der Waals surface area contributed by atoms with Crippen LogP contribution in [0, 0.1) is 5.82 Å². The Morgan fingerprint density at radius 1 is 1.36 bits per heavy atom. The Kier molecular flexibility index (Phi) is 4.40. The molecule has 1 aliphatic heterocycles. The lowest BCUT2D eigenvalue weighted by Crippen LogP contribution is -2.16. The summed E-state index contributed by atoms with van der Waals surface area (Å²) in [4.78, 5) is 0. The molecule has 3 heteroatoms. The van der Waals surface area contributed by atoms with E-state index in [0.717, 1.165) is 6.54 Å². The molecule has 0 saturated heterocycles. The van der Waals surface area contributed by atoms with Crippen LogP contribution >= 0.6 is 0 Å². The number of hydrogen-bond acceptors (Lipinski definition) is 2. The third-order valence-electron chi connectivity index (χ3n) is 1.91. The summed E-state index contributed by atoms with van der Waals surface area (Å²) in [5.41, 5.74) is 0.634. The van der Waals surface area contributed by atoms with Crippen molar-refractivity contribution in [3.63, 3.8) is 0 Å². The van der Waals surface area contributed by atoms with E-state index >= 15 is 0 Å². The average Bonchev–Trinajstić information content (AvgIpc) is 2.47. The monoisotopic (exact) mass is 197 g/mol. The van der Waals surface area contributed by atoms with E-state index in [0.29, 0.717) is 24.5 Å². The summed E-state index contributed by atoms with van der Waals surface area (Å²) in [5, 5.41) is 3.08. The zero-order valence-electron chi connectivity index (χ0n) is 8.64. The molecule has 0 amide bonds. The molecule has 2 rings (SSSR count). The average molecular weight is 197 g/mol. The van der Waals surface area contributed by atoms with Crippen molar-refractivity contribution in [2.45, 2.75) is 20.4 Å². The lowest BCUT2D eigenvalue weighted by molar-refractivity contribution is 0.325. The second kappa shape index (κ2) is 5.60. The number of nitrogens with one attached hydrogen (secondary N) is 1. The molecule has 0 radical (unpaired) electrons. The first-order chi connectivity index (χ1) is 6.88. The summed E-state index contributed by atoms with van der Waals surface area (Å²) in [6.07, 6.45) is 0. The molecule has 1 aromatic carbocycles. The molecule has 1 aromatic rings. The first kappa shape index (κ1) is 11.0. The highest BCUT2D eigenvalue weighted by Crippen LogP contribution is 2.22. The van der Waals surface area contributed by atoms with Gasteiger partial charge < -0.3 is 10.1 Å². The van der Waals surface area contributed by atoms with Crippen LogP contribution < -0.4 is 10.1 Å². The maximum atomic E-state index is 13.1. The van der Waals surface area contributed by atoms with Crippen molar-refractivity contribution in [1.29, 1.82) is 0 Å². The Morgan fingerprint density at radius 2 is 2.14 bits per heavy atom. The van der Waals surface area contributed by atoms with Gasteiger partial charge in [-0.2, -0.15) is 0 Å². The van der Waals surface area contributed by atoms with Gasteiger partial charge in [0.15, 0.2) is 0 Å². The molecule has 0 atom stereocenters. The molecule has 0 bridgehead atoms. The molecule has 0 unspecified atom stereocenters. The summed E-state index contributed by atoms with van der Waals surface area (Å²) in [6.45, 7) is 5.94. The smallest absolute Gasteiger partial charge is 0.131 e. The zero-order chi connectivity index (χ0) is 10.4. The molecule has 0 fully saturated rings. The van der Waals surface area contributed by atoms with E-state index < -0.39 is 0 Å². The number of benzene rings is 1. The quantitative estimate of drug-likeness (QED) is 0.689. The Balaban J connectivity index is 0.000000461. The van der Waals surface area contributed by atoms with Crippen molar-refractivity contribution in [2.24, 2.45) is 0 Å². The van der Waals surface area contributed by atoms with E-state index in [4.69, 9.17) is 4.74 Å². The third-order valence-corrected chi connectivity index (χ3v) is 1.91. The molecule has 1 N–H and O–H groups in total. The minimum atomic E-state index is -0.193. The fourth-order valence-electron chi connectivity index (χ4n) is 1.29. The molecule has 0 saturated carbocycles. The second-order valence-electron chi connectivity index (χ2n) is 2.74. The van der Waals surface area contributed by atoms with Crippen LogP contribution in [0.15, 0.2) is 18.2 Å². The van der Waals surface area contributed by atoms with Gasteiger partial charge in [-0.25, -0.2) is 4.39 Å². The molecule has 1 aliphatic rings. The molecule has 0 aromatic heterocycles. The molecule has 1 heterocycles. The molecule has 14 heavy (non-hydrogen) atoms. The number of rotatable bonds is 0.